The molecule has 24 heavy (non-hydrogen) atoms. The first-order valence-corrected chi connectivity index (χ1v) is 9.50. The van der Waals surface area contributed by atoms with Crippen LogP contribution in [0, 0.1) is 0 Å². The van der Waals surface area contributed by atoms with Crippen LogP contribution in [0.3, 0.4) is 0 Å². The molecule has 0 aromatic carbocycles. The Bertz CT molecular complexity index is 654. The molecule has 0 aliphatic carbocycles. The Labute approximate surface area is 148 Å². The van der Waals surface area contributed by atoms with Crippen molar-refractivity contribution in [2.45, 2.75) is 39.3 Å². The predicted octanol–water partition coefficient (Wildman–Crippen LogP) is 3.16. The average Bonchev–Trinajstić information content (AvgIpc) is 3.26. The van der Waals surface area contributed by atoms with E-state index < -0.39 is 0 Å². The van der Waals surface area contributed by atoms with Crippen LogP contribution in [0.5, 0.6) is 0 Å². The quantitative estimate of drug-likeness (QED) is 0.831. The number of anilines is 2. The maximum absolute atomic E-state index is 4.69. The maximum Gasteiger partial charge on any atom is 0.185 e. The Morgan fingerprint density at radius 3 is 2.88 bits per heavy atom. The molecule has 0 radical (unpaired) electrons. The Hall–Kier alpha value is -1.73. The van der Waals surface area contributed by atoms with E-state index in [4.69, 9.17) is 0 Å². The second-order valence-corrected chi connectivity index (χ2v) is 7.08. The average molecular weight is 347 g/mol. The Morgan fingerprint density at radius 1 is 1.29 bits per heavy atom. The van der Waals surface area contributed by atoms with Crippen LogP contribution in [-0.4, -0.2) is 46.5 Å². The smallest absolute Gasteiger partial charge is 0.185 e. The molecule has 3 rings (SSSR count). The van der Waals surface area contributed by atoms with Gasteiger partial charge in [0.1, 0.15) is 5.82 Å². The van der Waals surface area contributed by atoms with Crippen molar-refractivity contribution < 1.29 is 0 Å². The van der Waals surface area contributed by atoms with Gasteiger partial charge in [-0.3, -0.25) is 9.88 Å². The summed E-state index contributed by atoms with van der Waals surface area (Å²) in [5.41, 5.74) is 1.06. The van der Waals surface area contributed by atoms with Crippen molar-refractivity contribution in [3.05, 3.63) is 29.2 Å². The van der Waals surface area contributed by atoms with Crippen LogP contribution in [0.1, 0.15) is 43.3 Å². The van der Waals surface area contributed by atoms with E-state index in [1.54, 1.807) is 17.5 Å². The lowest BCUT2D eigenvalue weighted by molar-refractivity contribution is 0.246. The summed E-state index contributed by atoms with van der Waals surface area (Å²) < 4.78 is 0. The van der Waals surface area contributed by atoms with Gasteiger partial charge in [-0.1, -0.05) is 0 Å². The van der Waals surface area contributed by atoms with E-state index in [0.29, 0.717) is 6.04 Å². The lowest BCUT2D eigenvalue weighted by Gasteiger charge is -2.23. The summed E-state index contributed by atoms with van der Waals surface area (Å²) >= 11 is 1.81. The van der Waals surface area contributed by atoms with Gasteiger partial charge in [0, 0.05) is 37.8 Å². The molecule has 1 saturated heterocycles. The highest BCUT2D eigenvalue weighted by atomic mass is 32.1. The Balaban J connectivity index is 1.72. The van der Waals surface area contributed by atoms with E-state index in [-0.39, 0.29) is 0 Å². The fourth-order valence-corrected chi connectivity index (χ4v) is 4.29. The van der Waals surface area contributed by atoms with Crippen LogP contribution in [0.4, 0.5) is 10.9 Å². The summed E-state index contributed by atoms with van der Waals surface area (Å²) in [6.45, 7) is 8.40. The van der Waals surface area contributed by atoms with Crippen LogP contribution in [0.15, 0.2) is 18.6 Å². The molecule has 0 spiro atoms. The fourth-order valence-electron chi connectivity index (χ4n) is 3.22. The van der Waals surface area contributed by atoms with Crippen molar-refractivity contribution in [3.8, 4) is 0 Å². The Morgan fingerprint density at radius 2 is 2.12 bits per heavy atom. The molecule has 1 aliphatic rings. The zero-order valence-electron chi connectivity index (χ0n) is 14.7. The highest BCUT2D eigenvalue weighted by Crippen LogP contribution is 2.34. The Kier molecular flexibility index (Phi) is 5.63. The SMILES string of the molecule is CCN(CC)c1ncc(CN2CCC[C@@H]2c2cncc(NC)n2)s1. The topological polar surface area (TPSA) is 57.2 Å². The second-order valence-electron chi connectivity index (χ2n) is 5.99. The minimum absolute atomic E-state index is 0.352. The van der Waals surface area contributed by atoms with Crippen LogP contribution < -0.4 is 10.2 Å². The molecule has 2 aromatic rings. The standard InChI is InChI=1S/C17H26N6S/c1-4-22(5-2)17-20-9-13(24-17)12-23-8-6-7-15(23)14-10-19-11-16(18-3)21-14/h9-11,15H,4-8,12H2,1-3H3,(H,18,21)/t15-/m1/s1. The van der Waals surface area contributed by atoms with E-state index in [2.05, 4.69) is 43.9 Å². The van der Waals surface area contributed by atoms with Crippen molar-refractivity contribution in [3.63, 3.8) is 0 Å². The summed E-state index contributed by atoms with van der Waals surface area (Å²) in [4.78, 5) is 19.7. The monoisotopic (exact) mass is 346 g/mol. The second kappa shape index (κ2) is 7.90. The number of hydrogen-bond donors (Lipinski definition) is 1. The van der Waals surface area contributed by atoms with Gasteiger partial charge in [0.2, 0.25) is 0 Å². The molecule has 1 N–H and O–H groups in total. The van der Waals surface area contributed by atoms with Crippen molar-refractivity contribution >= 4 is 22.3 Å². The van der Waals surface area contributed by atoms with Gasteiger partial charge < -0.3 is 10.2 Å². The van der Waals surface area contributed by atoms with Gasteiger partial charge in [-0.25, -0.2) is 9.97 Å². The first-order valence-electron chi connectivity index (χ1n) is 8.68. The number of likely N-dealkylation sites (tertiary alicyclic amines) is 1. The third-order valence-corrected chi connectivity index (χ3v) is 5.59. The molecule has 3 heterocycles. The molecule has 1 atom stereocenters. The number of hydrogen-bond acceptors (Lipinski definition) is 7. The van der Waals surface area contributed by atoms with E-state index in [0.717, 1.165) is 49.2 Å². The van der Waals surface area contributed by atoms with Crippen molar-refractivity contribution in [1.29, 1.82) is 0 Å². The van der Waals surface area contributed by atoms with Gasteiger partial charge in [-0.05, 0) is 33.2 Å². The maximum atomic E-state index is 4.69. The third-order valence-electron chi connectivity index (χ3n) is 4.55. The molecule has 0 saturated carbocycles. The zero-order chi connectivity index (χ0) is 16.9. The van der Waals surface area contributed by atoms with E-state index >= 15 is 0 Å². The summed E-state index contributed by atoms with van der Waals surface area (Å²) in [7, 11) is 1.88. The molecule has 6 nitrogen and oxygen atoms in total. The van der Waals surface area contributed by atoms with Gasteiger partial charge in [0.15, 0.2) is 5.13 Å². The first kappa shape index (κ1) is 17.1. The normalized spacial score (nSPS) is 18.0. The highest BCUT2D eigenvalue weighted by Gasteiger charge is 2.28. The van der Waals surface area contributed by atoms with Crippen LogP contribution in [0.25, 0.3) is 0 Å². The molecule has 2 aromatic heterocycles. The van der Waals surface area contributed by atoms with Gasteiger partial charge in [-0.15, -0.1) is 11.3 Å². The fraction of sp³-hybridized carbons (Fsp3) is 0.588. The first-order chi connectivity index (χ1) is 11.7. The number of nitrogens with zero attached hydrogens (tertiary/aromatic N) is 5. The third kappa shape index (κ3) is 3.67. The summed E-state index contributed by atoms with van der Waals surface area (Å²) in [5, 5.41) is 4.21. The number of rotatable bonds is 7. The van der Waals surface area contributed by atoms with Crippen LogP contribution in [-0.2, 0) is 6.54 Å². The lowest BCUT2D eigenvalue weighted by atomic mass is 10.1. The molecule has 0 amide bonds. The van der Waals surface area contributed by atoms with Gasteiger partial charge >= 0.3 is 0 Å². The van der Waals surface area contributed by atoms with Crippen LogP contribution in [0.2, 0.25) is 0 Å². The molecule has 130 valence electrons. The minimum Gasteiger partial charge on any atom is -0.372 e. The van der Waals surface area contributed by atoms with Crippen molar-refractivity contribution in [2.75, 3.05) is 36.9 Å². The summed E-state index contributed by atoms with van der Waals surface area (Å²) in [6, 6.07) is 0.352. The van der Waals surface area contributed by atoms with E-state index in [9.17, 15) is 0 Å². The summed E-state index contributed by atoms with van der Waals surface area (Å²) in [6.07, 6.45) is 8.05. The predicted molar refractivity (Wildman–Crippen MR) is 99.6 cm³/mol. The molecule has 1 fully saturated rings. The highest BCUT2D eigenvalue weighted by molar-refractivity contribution is 7.15. The number of aromatic nitrogens is 3. The van der Waals surface area contributed by atoms with Crippen molar-refractivity contribution in [2.24, 2.45) is 0 Å². The lowest BCUT2D eigenvalue weighted by Crippen LogP contribution is -2.23. The van der Waals surface area contributed by atoms with Gasteiger partial charge in [0.25, 0.3) is 0 Å². The van der Waals surface area contributed by atoms with E-state index in [1.165, 1.54) is 11.3 Å². The van der Waals surface area contributed by atoms with Gasteiger partial charge in [0.05, 0.1) is 24.1 Å². The van der Waals surface area contributed by atoms with Gasteiger partial charge in [-0.2, -0.15) is 0 Å². The molecule has 1 aliphatic heterocycles. The largest absolute Gasteiger partial charge is 0.372 e. The zero-order valence-corrected chi connectivity index (χ0v) is 15.5. The van der Waals surface area contributed by atoms with Crippen molar-refractivity contribution in [1.82, 2.24) is 19.9 Å². The minimum atomic E-state index is 0.352. The van der Waals surface area contributed by atoms with Crippen LogP contribution >= 0.6 is 11.3 Å². The molecule has 0 bridgehead atoms. The molecular weight excluding hydrogens is 320 g/mol. The number of thiazole rings is 1. The molecular formula is C17H26N6S. The van der Waals surface area contributed by atoms with E-state index in [1.807, 2.05) is 19.4 Å². The summed E-state index contributed by atoms with van der Waals surface area (Å²) in [5.74, 6) is 0.834. The number of nitrogens with one attached hydrogen (secondary N) is 1. The molecule has 0 unspecified atom stereocenters. The molecule has 7 heteroatoms.